The van der Waals surface area contributed by atoms with E-state index >= 15 is 0 Å². The van der Waals surface area contributed by atoms with Gasteiger partial charge in [0.25, 0.3) is 0 Å². The predicted molar refractivity (Wildman–Crippen MR) is 130 cm³/mol. The van der Waals surface area contributed by atoms with Gasteiger partial charge in [-0.2, -0.15) is 0 Å². The number of nitrogens with zero attached hydrogens (tertiary/aromatic N) is 4. The Morgan fingerprint density at radius 2 is 1.21 bits per heavy atom. The molecule has 0 unspecified atom stereocenters. The first kappa shape index (κ1) is 20.4. The molecule has 6 rings (SSSR count). The van der Waals surface area contributed by atoms with Crippen molar-refractivity contribution in [1.29, 1.82) is 0 Å². The third kappa shape index (κ3) is 3.77. The number of hydrogen-bond acceptors (Lipinski definition) is 5. The van der Waals surface area contributed by atoms with Crippen LogP contribution in [0.3, 0.4) is 0 Å². The van der Waals surface area contributed by atoms with Crippen LogP contribution >= 0.6 is 0 Å². The van der Waals surface area contributed by atoms with Gasteiger partial charge in [0, 0.05) is 0 Å². The van der Waals surface area contributed by atoms with Crippen LogP contribution in [-0.2, 0) is 16.0 Å². The molecule has 5 aliphatic heterocycles. The number of rotatable bonds is 2. The summed E-state index contributed by atoms with van der Waals surface area (Å²) in [6.07, 6.45) is 19.4. The van der Waals surface area contributed by atoms with Crippen LogP contribution in [-0.4, -0.2) is 33.9 Å². The van der Waals surface area contributed by atoms with E-state index < -0.39 is 5.97 Å². The number of fused-ring (bicyclic) bond motifs is 4. The number of aliphatic imine (C=N–C) groups is 4. The summed E-state index contributed by atoms with van der Waals surface area (Å²) in [6.45, 7) is 0. The molecule has 0 atom stereocenters. The van der Waals surface area contributed by atoms with Crippen LogP contribution in [0.1, 0.15) is 15.9 Å². The van der Waals surface area contributed by atoms with Gasteiger partial charge in [-0.3, -0.25) is 0 Å². The average Bonchev–Trinajstić information content (AvgIpc) is 3.60. The van der Waals surface area contributed by atoms with Crippen molar-refractivity contribution in [3.05, 3.63) is 123 Å². The summed E-state index contributed by atoms with van der Waals surface area (Å²) >= 11 is 3.73. The summed E-state index contributed by atoms with van der Waals surface area (Å²) in [5, 5.41) is 9.26. The number of benzene rings is 1. The molecule has 0 amide bonds. The summed E-state index contributed by atoms with van der Waals surface area (Å²) in [5.41, 5.74) is 8.24. The SMILES string of the molecule is O=C(O)c1ccc(C2=[C]([Mn])C3=NC2=CC2=NC(=CC4=NC(=CC5=NC(=C3)C=C5)C=C4)C=C2)cc1. The molecule has 0 spiro atoms. The molecule has 0 aromatic heterocycles. The van der Waals surface area contributed by atoms with Crippen LogP contribution in [0.2, 0.25) is 0 Å². The van der Waals surface area contributed by atoms with Crippen molar-refractivity contribution in [2.75, 3.05) is 0 Å². The summed E-state index contributed by atoms with van der Waals surface area (Å²) in [5.74, 6) is -0.963. The van der Waals surface area contributed by atoms with Crippen LogP contribution in [0.25, 0.3) is 5.57 Å². The number of carbonyl (C=O) groups is 1. The molecule has 0 saturated heterocycles. The second kappa shape index (κ2) is 7.99. The second-order valence-electron chi connectivity index (χ2n) is 7.92. The minimum absolute atomic E-state index is 0.231. The van der Waals surface area contributed by atoms with Crippen molar-refractivity contribution in [3.8, 4) is 0 Å². The van der Waals surface area contributed by atoms with Gasteiger partial charge in [-0.05, 0) is 0 Å². The molecule has 7 heteroatoms. The molecular weight excluding hydrogens is 467 g/mol. The first-order valence-corrected chi connectivity index (χ1v) is 11.1. The van der Waals surface area contributed by atoms with Gasteiger partial charge in [-0.15, -0.1) is 0 Å². The van der Waals surface area contributed by atoms with Gasteiger partial charge in [0.1, 0.15) is 0 Å². The Hall–Kier alpha value is -4.19. The zero-order chi connectivity index (χ0) is 23.2. The van der Waals surface area contributed by atoms with Crippen LogP contribution in [0.15, 0.2) is 132 Å². The Balaban J connectivity index is 1.51. The molecule has 5 heterocycles. The average molecular weight is 482 g/mol. The number of aromatic carboxylic acids is 1. The van der Waals surface area contributed by atoms with Crippen molar-refractivity contribution in [1.82, 2.24) is 0 Å². The predicted octanol–water partition coefficient (Wildman–Crippen LogP) is 4.68. The zero-order valence-electron chi connectivity index (χ0n) is 17.6. The molecule has 5 aliphatic rings. The molecule has 8 bridgehead atoms. The molecule has 1 aromatic rings. The molecule has 1 aromatic carbocycles. The van der Waals surface area contributed by atoms with Crippen molar-refractivity contribution in [3.63, 3.8) is 0 Å². The first-order valence-electron chi connectivity index (χ1n) is 10.5. The van der Waals surface area contributed by atoms with E-state index in [1.165, 1.54) is 0 Å². The van der Waals surface area contributed by atoms with Gasteiger partial charge in [0.15, 0.2) is 0 Å². The Morgan fingerprint density at radius 3 is 1.76 bits per heavy atom. The Kier molecular flexibility index (Phi) is 4.80. The van der Waals surface area contributed by atoms with E-state index in [-0.39, 0.29) is 5.56 Å². The minimum atomic E-state index is -0.963. The zero-order valence-corrected chi connectivity index (χ0v) is 18.8. The van der Waals surface area contributed by atoms with E-state index in [9.17, 15) is 9.90 Å². The van der Waals surface area contributed by atoms with Crippen molar-refractivity contribution >= 4 is 34.4 Å². The number of carboxylic acid groups (broad SMARTS) is 1. The summed E-state index contributed by atoms with van der Waals surface area (Å²) in [7, 11) is 0. The topological polar surface area (TPSA) is 86.7 Å². The summed E-state index contributed by atoms with van der Waals surface area (Å²) in [6, 6.07) is 6.77. The molecule has 1 N–H and O–H groups in total. The van der Waals surface area contributed by atoms with E-state index in [4.69, 9.17) is 9.98 Å². The summed E-state index contributed by atoms with van der Waals surface area (Å²) < 4.78 is 0.805. The standard InChI is InChI=1S/C27H15N4O2.Mn/c32-27(33)17-3-1-16(2-4-17)25-14-24-13-22-8-7-20(29-22)11-18-5-6-19(28-18)12-21-9-10-23(30-21)15-26(25)31-24;/h1-13,15H,(H,32,33);. The van der Waals surface area contributed by atoms with Crippen molar-refractivity contribution in [2.45, 2.75) is 0 Å². The third-order valence-electron chi connectivity index (χ3n) is 5.57. The molecular formula is C27H15MnN4O2. The third-order valence-corrected chi connectivity index (χ3v) is 6.17. The fraction of sp³-hybridized carbons (Fsp3) is 0. The van der Waals surface area contributed by atoms with Gasteiger partial charge in [-0.25, -0.2) is 0 Å². The molecule has 0 fully saturated rings. The second-order valence-corrected chi connectivity index (χ2v) is 8.51. The van der Waals surface area contributed by atoms with Crippen LogP contribution in [0.5, 0.6) is 0 Å². The van der Waals surface area contributed by atoms with E-state index in [0.717, 1.165) is 61.2 Å². The number of hydrogen-bond donors (Lipinski definition) is 1. The Bertz CT molecular complexity index is 1550. The van der Waals surface area contributed by atoms with Crippen LogP contribution in [0, 0.1) is 0 Å². The quantitative estimate of drug-likeness (QED) is 0.621. The Morgan fingerprint density at radius 1 is 0.676 bits per heavy atom. The fourth-order valence-electron chi connectivity index (χ4n) is 3.98. The molecule has 162 valence electrons. The van der Waals surface area contributed by atoms with E-state index in [0.29, 0.717) is 0 Å². The van der Waals surface area contributed by atoms with E-state index in [1.807, 2.05) is 60.8 Å². The molecule has 34 heavy (non-hydrogen) atoms. The molecule has 0 radical (unpaired) electrons. The van der Waals surface area contributed by atoms with Crippen molar-refractivity contribution < 1.29 is 25.9 Å². The van der Waals surface area contributed by atoms with E-state index in [2.05, 4.69) is 26.0 Å². The van der Waals surface area contributed by atoms with Gasteiger partial charge < -0.3 is 0 Å². The van der Waals surface area contributed by atoms with Crippen molar-refractivity contribution in [2.24, 2.45) is 20.0 Å². The molecule has 0 aliphatic carbocycles. The molecule has 6 nitrogen and oxygen atoms in total. The summed E-state index contributed by atoms with van der Waals surface area (Å²) in [4.78, 5) is 30.2. The Labute approximate surface area is 203 Å². The van der Waals surface area contributed by atoms with Crippen LogP contribution in [0.4, 0.5) is 0 Å². The van der Waals surface area contributed by atoms with Crippen LogP contribution < -0.4 is 0 Å². The maximum absolute atomic E-state index is 11.3. The maximum atomic E-state index is 11.3. The normalized spacial score (nSPS) is 19.9. The fourth-order valence-corrected chi connectivity index (χ4v) is 4.45. The molecule has 0 saturated carbocycles. The first-order chi connectivity index (χ1) is 16.5. The van der Waals surface area contributed by atoms with Gasteiger partial charge >= 0.3 is 204 Å². The van der Waals surface area contributed by atoms with Gasteiger partial charge in [0.2, 0.25) is 0 Å². The number of carboxylic acids is 1. The monoisotopic (exact) mass is 482 g/mol. The van der Waals surface area contributed by atoms with Gasteiger partial charge in [-0.1, -0.05) is 0 Å². The number of allylic oxidation sites excluding steroid dienone is 12. The van der Waals surface area contributed by atoms with Gasteiger partial charge in [0.05, 0.1) is 0 Å². The van der Waals surface area contributed by atoms with E-state index in [1.54, 1.807) is 24.3 Å².